The van der Waals surface area contributed by atoms with Crippen molar-refractivity contribution in [2.75, 3.05) is 43.4 Å². The van der Waals surface area contributed by atoms with Crippen molar-refractivity contribution in [2.24, 2.45) is 10.9 Å². The van der Waals surface area contributed by atoms with E-state index < -0.39 is 11.6 Å². The molecule has 0 saturated carbocycles. The number of hydrogen-bond acceptors (Lipinski definition) is 10. The molecule has 1 fully saturated rings. The minimum absolute atomic E-state index is 0.0447. The number of aromatic amines is 1. The fourth-order valence-corrected chi connectivity index (χ4v) is 4.14. The number of nitrogens with zero attached hydrogens (tertiary/aromatic N) is 6. The molecule has 42 heavy (non-hydrogen) atoms. The van der Waals surface area contributed by atoms with E-state index >= 15 is 4.39 Å². The Kier molecular flexibility index (Phi) is 9.57. The fourth-order valence-electron chi connectivity index (χ4n) is 4.14. The van der Waals surface area contributed by atoms with Crippen LogP contribution in [0.25, 0.3) is 10.9 Å². The fraction of sp³-hybridized carbons (Fsp3) is 0.321. The number of aromatic nitrogens is 4. The average molecular weight is 584 g/mol. The number of H-pyrrole nitrogens is 1. The van der Waals surface area contributed by atoms with Crippen molar-refractivity contribution >= 4 is 28.2 Å². The zero-order chi connectivity index (χ0) is 30.4. The largest absolute Gasteiger partial charge is 0.435 e. The molecule has 0 radical (unpaired) electrons. The molecule has 1 aliphatic heterocycles. The van der Waals surface area contributed by atoms with Crippen LogP contribution < -0.4 is 20.7 Å². The zero-order valence-corrected chi connectivity index (χ0v) is 23.7. The van der Waals surface area contributed by atoms with Crippen LogP contribution in [-0.2, 0) is 6.54 Å². The molecule has 11 nitrogen and oxygen atoms in total. The van der Waals surface area contributed by atoms with Gasteiger partial charge >= 0.3 is 0 Å². The average Bonchev–Trinajstić information content (AvgIpc) is 3.37. The Morgan fingerprint density at radius 2 is 1.86 bits per heavy atom. The number of nitrogens with one attached hydrogen (secondary N) is 2. The molecule has 0 atom stereocenters. The topological polar surface area (TPSA) is 138 Å². The van der Waals surface area contributed by atoms with Crippen LogP contribution in [0.5, 0.6) is 11.6 Å². The highest BCUT2D eigenvalue weighted by atomic mass is 19.1. The third kappa shape index (κ3) is 7.13. The second-order valence-electron chi connectivity index (χ2n) is 9.84. The van der Waals surface area contributed by atoms with Crippen molar-refractivity contribution in [3.63, 3.8) is 0 Å². The summed E-state index contributed by atoms with van der Waals surface area (Å²) in [4.78, 5) is 31.1. The molecule has 0 spiro atoms. The second-order valence-corrected chi connectivity index (χ2v) is 9.84. The number of ether oxygens (including phenoxy) is 1. The first-order valence-corrected chi connectivity index (χ1v) is 13.1. The molecule has 3 aromatic heterocycles. The predicted molar refractivity (Wildman–Crippen MR) is 155 cm³/mol. The molecule has 1 saturated heterocycles. The van der Waals surface area contributed by atoms with E-state index in [9.17, 15) is 13.7 Å². The Morgan fingerprint density at radius 1 is 1.14 bits per heavy atom. The molecule has 5 rings (SSSR count). The summed E-state index contributed by atoms with van der Waals surface area (Å²) in [7, 11) is 2.10. The number of likely N-dealkylation sites (N-methyl/N-ethyl adjacent to an activating group) is 1. The number of nitroso groups, excluding NO2 is 1. The maximum Gasteiger partial charge on any atom is 0.229 e. The number of aryl methyl sites for hydroxylation is 1. The Morgan fingerprint density at radius 3 is 2.48 bits per heavy atom. The number of fused-ring (bicyclic) bond motifs is 1. The minimum atomic E-state index is -0.755. The first-order valence-electron chi connectivity index (χ1n) is 13.1. The molecule has 4 N–H and O–H groups in total. The Labute approximate surface area is 240 Å². The lowest BCUT2D eigenvalue weighted by atomic mass is 10.2. The van der Waals surface area contributed by atoms with Crippen molar-refractivity contribution in [1.82, 2.24) is 24.8 Å². The summed E-state index contributed by atoms with van der Waals surface area (Å²) in [6.07, 6.45) is 2.95. The predicted octanol–water partition coefficient (Wildman–Crippen LogP) is 5.66. The summed E-state index contributed by atoms with van der Waals surface area (Å²) in [5, 5.41) is 6.02. The lowest BCUT2D eigenvalue weighted by Gasteiger charge is -2.33. The van der Waals surface area contributed by atoms with Crippen molar-refractivity contribution in [3.05, 3.63) is 76.1 Å². The van der Waals surface area contributed by atoms with E-state index in [0.29, 0.717) is 11.5 Å². The van der Waals surface area contributed by atoms with Crippen molar-refractivity contribution < 1.29 is 17.9 Å². The molecule has 0 unspecified atom stereocenters. The smallest absolute Gasteiger partial charge is 0.229 e. The van der Waals surface area contributed by atoms with Crippen LogP contribution in [0.4, 0.5) is 30.5 Å². The van der Waals surface area contributed by atoms with Gasteiger partial charge < -0.3 is 30.6 Å². The first-order chi connectivity index (χ1) is 20.1. The molecule has 222 valence electrons. The van der Waals surface area contributed by atoms with Crippen LogP contribution in [-0.4, -0.2) is 58.1 Å². The maximum absolute atomic E-state index is 15.1. The SMILES string of the molecule is C/C(N)=C(\C)F.Cc1cc2c(F)c(Oc3ncnc(Nc4ccc(N5CCN(C)CC5)cn4)c3CN=O)cc(F)c2[nH]1. The summed E-state index contributed by atoms with van der Waals surface area (Å²) < 4.78 is 46.8. The van der Waals surface area contributed by atoms with E-state index in [4.69, 9.17) is 10.5 Å². The van der Waals surface area contributed by atoms with E-state index in [1.54, 1.807) is 19.2 Å². The number of piperazine rings is 1. The van der Waals surface area contributed by atoms with E-state index in [0.717, 1.165) is 37.9 Å². The number of benzene rings is 1. The Balaban J connectivity index is 0.000000612. The highest BCUT2D eigenvalue weighted by Gasteiger charge is 2.21. The molecule has 1 aromatic carbocycles. The second kappa shape index (κ2) is 13.3. The van der Waals surface area contributed by atoms with Crippen molar-refractivity contribution in [1.29, 1.82) is 0 Å². The van der Waals surface area contributed by atoms with Gasteiger partial charge in [-0.3, -0.25) is 0 Å². The van der Waals surface area contributed by atoms with Crippen LogP contribution in [0, 0.1) is 23.5 Å². The number of hydrogen-bond donors (Lipinski definition) is 3. The lowest BCUT2D eigenvalue weighted by Crippen LogP contribution is -2.44. The summed E-state index contributed by atoms with van der Waals surface area (Å²) in [5.41, 5.74) is 7.03. The van der Waals surface area contributed by atoms with Gasteiger partial charge in [-0.25, -0.2) is 28.1 Å². The molecular formula is C28H32F3N9O2. The number of anilines is 3. The van der Waals surface area contributed by atoms with Crippen LogP contribution in [0.1, 0.15) is 25.1 Å². The summed E-state index contributed by atoms with van der Waals surface area (Å²) >= 11 is 0. The first kappa shape index (κ1) is 30.2. The number of pyridine rings is 1. The molecule has 0 bridgehead atoms. The molecule has 4 heterocycles. The van der Waals surface area contributed by atoms with Gasteiger partial charge in [0.15, 0.2) is 17.4 Å². The number of halogens is 3. The van der Waals surface area contributed by atoms with E-state index in [2.05, 4.69) is 47.3 Å². The minimum Gasteiger partial charge on any atom is -0.435 e. The van der Waals surface area contributed by atoms with Crippen LogP contribution in [0.3, 0.4) is 0 Å². The van der Waals surface area contributed by atoms with Gasteiger partial charge in [0, 0.05) is 49.0 Å². The third-order valence-electron chi connectivity index (χ3n) is 6.64. The van der Waals surface area contributed by atoms with Gasteiger partial charge in [-0.15, -0.1) is 0 Å². The maximum atomic E-state index is 15.1. The van der Waals surface area contributed by atoms with Gasteiger partial charge in [-0.2, -0.15) is 4.91 Å². The Hall–Kier alpha value is -4.72. The third-order valence-corrected chi connectivity index (χ3v) is 6.64. The molecule has 0 amide bonds. The highest BCUT2D eigenvalue weighted by Crippen LogP contribution is 2.35. The van der Waals surface area contributed by atoms with Crippen LogP contribution >= 0.6 is 0 Å². The van der Waals surface area contributed by atoms with E-state index in [1.807, 2.05) is 6.07 Å². The highest BCUT2D eigenvalue weighted by molar-refractivity contribution is 5.83. The normalized spacial score (nSPS) is 14.2. The van der Waals surface area contributed by atoms with Crippen LogP contribution in [0.2, 0.25) is 0 Å². The van der Waals surface area contributed by atoms with Crippen molar-refractivity contribution in [2.45, 2.75) is 27.3 Å². The quantitative estimate of drug-likeness (QED) is 0.235. The van der Waals surface area contributed by atoms with Gasteiger partial charge in [0.05, 0.1) is 23.0 Å². The summed E-state index contributed by atoms with van der Waals surface area (Å²) in [6, 6.07) is 6.16. The van der Waals surface area contributed by atoms with Crippen LogP contribution in [0.15, 0.2) is 53.5 Å². The Bertz CT molecular complexity index is 1570. The molecule has 0 aliphatic carbocycles. The van der Waals surface area contributed by atoms with Gasteiger partial charge in [-0.1, -0.05) is 5.18 Å². The number of rotatable bonds is 7. The zero-order valence-electron chi connectivity index (χ0n) is 23.7. The van der Waals surface area contributed by atoms with Crippen molar-refractivity contribution in [3.8, 4) is 11.6 Å². The number of nitrogens with two attached hydrogens (primary N) is 1. The summed E-state index contributed by atoms with van der Waals surface area (Å²) in [5.74, 6) is -1.52. The van der Waals surface area contributed by atoms with E-state index in [1.165, 1.54) is 26.2 Å². The standard InChI is InChI=1S/C24H24F2N8O2.C4H8FN/c1-14-9-16-21(26)19(10-18(25)22(16)31-14)36-24-17(12-30-35)23(28-13-29-24)32-20-4-3-15(11-27-20)34-7-5-33(2)6-8-34;1-3(5)4(2)6/h3-4,9-11,13,31H,5-8,12H2,1-2H3,(H,27,28,29,32);6H2,1-2H3/b;4-3-. The molecule has 14 heteroatoms. The number of allylic oxidation sites excluding steroid dienone is 2. The molecule has 1 aliphatic rings. The van der Waals surface area contributed by atoms with Gasteiger partial charge in [0.2, 0.25) is 5.88 Å². The van der Waals surface area contributed by atoms with Gasteiger partial charge in [0.1, 0.15) is 30.3 Å². The molecule has 4 aromatic rings. The lowest BCUT2D eigenvalue weighted by molar-refractivity contribution is 0.313. The molecular weight excluding hydrogens is 551 g/mol. The van der Waals surface area contributed by atoms with Gasteiger partial charge in [0.25, 0.3) is 0 Å². The van der Waals surface area contributed by atoms with Gasteiger partial charge in [-0.05, 0) is 46.0 Å². The summed E-state index contributed by atoms with van der Waals surface area (Å²) in [6.45, 7) is 7.98. The monoisotopic (exact) mass is 583 g/mol. The van der Waals surface area contributed by atoms with E-state index in [-0.39, 0.29) is 52.0 Å².